The second-order valence-corrected chi connectivity index (χ2v) is 7.43. The average Bonchev–Trinajstić information content (AvgIpc) is 3.04. The number of nitrogens with zero attached hydrogens (tertiary/aromatic N) is 1. The Balaban J connectivity index is 1.75. The van der Waals surface area contributed by atoms with Gasteiger partial charge in [-0.05, 0) is 49.1 Å². The molecule has 0 aliphatic heterocycles. The Morgan fingerprint density at radius 3 is 2.34 bits per heavy atom. The lowest BCUT2D eigenvalue weighted by molar-refractivity contribution is 0.0531. The van der Waals surface area contributed by atoms with Crippen molar-refractivity contribution >= 4 is 28.2 Å². The molecule has 6 heteroatoms. The van der Waals surface area contributed by atoms with Gasteiger partial charge in [-0.25, -0.2) is 4.79 Å². The van der Waals surface area contributed by atoms with E-state index < -0.39 is 5.97 Å². The molecule has 3 aromatic rings. The van der Waals surface area contributed by atoms with Crippen LogP contribution in [0, 0.1) is 18.3 Å². The standard InChI is InChI=1S/C23H20N2O3S/c1-3-28-23(27)20-15(2)19(14-24)22(29-20)25-21(26)18-11-9-17(10-12-18)13-16-7-5-4-6-8-16/h4-12H,3,13H2,1-2H3,(H,25,26). The van der Waals surface area contributed by atoms with Gasteiger partial charge in [-0.15, -0.1) is 11.3 Å². The Morgan fingerprint density at radius 2 is 1.72 bits per heavy atom. The molecule has 0 saturated carbocycles. The fraction of sp³-hybridized carbons (Fsp3) is 0.174. The van der Waals surface area contributed by atoms with Gasteiger partial charge >= 0.3 is 5.97 Å². The molecule has 5 nitrogen and oxygen atoms in total. The highest BCUT2D eigenvalue weighted by Crippen LogP contribution is 2.33. The first-order valence-corrected chi connectivity index (χ1v) is 10.00. The van der Waals surface area contributed by atoms with Gasteiger partial charge in [0, 0.05) is 5.56 Å². The first-order chi connectivity index (χ1) is 14.0. The van der Waals surface area contributed by atoms with Crippen molar-refractivity contribution in [3.8, 4) is 6.07 Å². The zero-order valence-corrected chi connectivity index (χ0v) is 17.0. The topological polar surface area (TPSA) is 79.2 Å². The van der Waals surface area contributed by atoms with E-state index in [4.69, 9.17) is 4.74 Å². The molecule has 0 spiro atoms. The van der Waals surface area contributed by atoms with Crippen LogP contribution in [0.25, 0.3) is 0 Å². The highest BCUT2D eigenvalue weighted by Gasteiger charge is 2.22. The number of ether oxygens (including phenoxy) is 1. The van der Waals surface area contributed by atoms with Gasteiger partial charge in [0.1, 0.15) is 15.9 Å². The minimum absolute atomic E-state index is 0.245. The zero-order chi connectivity index (χ0) is 20.8. The Kier molecular flexibility index (Phi) is 6.43. The summed E-state index contributed by atoms with van der Waals surface area (Å²) in [7, 11) is 0. The van der Waals surface area contributed by atoms with Gasteiger partial charge in [-0.3, -0.25) is 4.79 Å². The summed E-state index contributed by atoms with van der Waals surface area (Å²) in [5, 5.41) is 12.5. The number of benzene rings is 2. The second-order valence-electron chi connectivity index (χ2n) is 6.41. The largest absolute Gasteiger partial charge is 0.462 e. The molecule has 1 N–H and O–H groups in total. The van der Waals surface area contributed by atoms with Crippen LogP contribution in [0.4, 0.5) is 5.00 Å². The van der Waals surface area contributed by atoms with E-state index in [1.807, 2.05) is 30.3 Å². The molecule has 0 atom stereocenters. The van der Waals surface area contributed by atoms with Crippen molar-refractivity contribution < 1.29 is 14.3 Å². The normalized spacial score (nSPS) is 10.2. The maximum Gasteiger partial charge on any atom is 0.348 e. The summed E-state index contributed by atoms with van der Waals surface area (Å²) in [5.41, 5.74) is 3.58. The number of rotatable bonds is 6. The molecule has 0 aliphatic carbocycles. The summed E-state index contributed by atoms with van der Waals surface area (Å²) in [6.45, 7) is 3.64. The van der Waals surface area contributed by atoms with Gasteiger partial charge in [0.15, 0.2) is 0 Å². The smallest absolute Gasteiger partial charge is 0.348 e. The quantitative estimate of drug-likeness (QED) is 0.590. The van der Waals surface area contributed by atoms with E-state index in [1.165, 1.54) is 5.56 Å². The molecule has 0 radical (unpaired) electrons. The van der Waals surface area contributed by atoms with Gasteiger partial charge in [0.25, 0.3) is 5.91 Å². The SMILES string of the molecule is CCOC(=O)c1sc(NC(=O)c2ccc(Cc3ccccc3)cc2)c(C#N)c1C. The van der Waals surface area contributed by atoms with Crippen LogP contribution in [0.1, 0.15) is 49.2 Å². The van der Waals surface area contributed by atoms with E-state index in [-0.39, 0.29) is 18.1 Å². The van der Waals surface area contributed by atoms with E-state index >= 15 is 0 Å². The van der Waals surface area contributed by atoms with E-state index in [9.17, 15) is 14.9 Å². The Bertz CT molecular complexity index is 1060. The predicted molar refractivity (Wildman–Crippen MR) is 113 cm³/mol. The van der Waals surface area contributed by atoms with Crippen LogP contribution in [-0.2, 0) is 11.2 Å². The second kappa shape index (κ2) is 9.18. The molecule has 0 unspecified atom stereocenters. The molecule has 3 rings (SSSR count). The van der Waals surface area contributed by atoms with Crippen molar-refractivity contribution in [2.24, 2.45) is 0 Å². The number of carbonyl (C=O) groups is 2. The molecule has 1 heterocycles. The van der Waals surface area contributed by atoms with E-state index in [0.29, 0.717) is 21.0 Å². The maximum atomic E-state index is 12.6. The number of hydrogen-bond acceptors (Lipinski definition) is 5. The maximum absolute atomic E-state index is 12.6. The summed E-state index contributed by atoms with van der Waals surface area (Å²) in [4.78, 5) is 25.0. The van der Waals surface area contributed by atoms with Crippen LogP contribution in [0.5, 0.6) is 0 Å². The van der Waals surface area contributed by atoms with Crippen LogP contribution in [0.3, 0.4) is 0 Å². The predicted octanol–water partition coefficient (Wildman–Crippen LogP) is 4.95. The molecule has 2 aromatic carbocycles. The minimum atomic E-state index is -0.489. The average molecular weight is 404 g/mol. The summed E-state index contributed by atoms with van der Waals surface area (Å²) in [6.07, 6.45) is 0.786. The Labute approximate surface area is 173 Å². The molecule has 0 aliphatic rings. The van der Waals surface area contributed by atoms with Crippen LogP contribution in [0.2, 0.25) is 0 Å². The first kappa shape index (κ1) is 20.3. The van der Waals surface area contributed by atoms with Gasteiger partial charge in [-0.2, -0.15) is 5.26 Å². The van der Waals surface area contributed by atoms with Crippen LogP contribution in [0.15, 0.2) is 54.6 Å². The molecule has 146 valence electrons. The zero-order valence-electron chi connectivity index (χ0n) is 16.2. The van der Waals surface area contributed by atoms with Crippen LogP contribution in [-0.4, -0.2) is 18.5 Å². The van der Waals surface area contributed by atoms with Crippen LogP contribution < -0.4 is 5.32 Å². The number of nitrogens with one attached hydrogen (secondary N) is 1. The molecular weight excluding hydrogens is 384 g/mol. The summed E-state index contributed by atoms with van der Waals surface area (Å²) < 4.78 is 5.02. The van der Waals surface area contributed by atoms with Crippen molar-refractivity contribution in [3.05, 3.63) is 87.3 Å². The number of hydrogen-bond donors (Lipinski definition) is 1. The van der Waals surface area contributed by atoms with Crippen molar-refractivity contribution in [1.82, 2.24) is 0 Å². The Hall–Kier alpha value is -3.43. The van der Waals surface area contributed by atoms with Gasteiger partial charge < -0.3 is 10.1 Å². The van der Waals surface area contributed by atoms with Crippen molar-refractivity contribution in [1.29, 1.82) is 5.26 Å². The number of carbonyl (C=O) groups excluding carboxylic acids is 2. The summed E-state index contributed by atoms with van der Waals surface area (Å²) in [6, 6.07) is 19.5. The van der Waals surface area contributed by atoms with E-state index in [2.05, 4.69) is 23.5 Å². The third-order valence-corrected chi connectivity index (χ3v) is 5.60. The Morgan fingerprint density at radius 1 is 1.07 bits per heavy atom. The van der Waals surface area contributed by atoms with Crippen molar-refractivity contribution in [3.63, 3.8) is 0 Å². The summed E-state index contributed by atoms with van der Waals surface area (Å²) >= 11 is 1.06. The fourth-order valence-electron chi connectivity index (χ4n) is 2.91. The highest BCUT2D eigenvalue weighted by atomic mass is 32.1. The number of anilines is 1. The number of thiophene rings is 1. The monoisotopic (exact) mass is 404 g/mol. The van der Waals surface area contributed by atoms with E-state index in [1.54, 1.807) is 26.0 Å². The molecule has 1 aromatic heterocycles. The van der Waals surface area contributed by atoms with Gasteiger partial charge in [-0.1, -0.05) is 42.5 Å². The third kappa shape index (κ3) is 4.71. The van der Waals surface area contributed by atoms with Crippen LogP contribution >= 0.6 is 11.3 Å². The fourth-order valence-corrected chi connectivity index (χ4v) is 3.95. The van der Waals surface area contributed by atoms with Gasteiger partial charge in [0.05, 0.1) is 12.2 Å². The highest BCUT2D eigenvalue weighted by molar-refractivity contribution is 7.18. The van der Waals surface area contributed by atoms with Crippen molar-refractivity contribution in [2.75, 3.05) is 11.9 Å². The van der Waals surface area contributed by atoms with Gasteiger partial charge in [0.2, 0.25) is 0 Å². The lowest BCUT2D eigenvalue weighted by Gasteiger charge is -2.06. The van der Waals surface area contributed by atoms with Crippen molar-refractivity contribution in [2.45, 2.75) is 20.3 Å². The number of nitriles is 1. The molecule has 1 amide bonds. The lowest BCUT2D eigenvalue weighted by Crippen LogP contribution is -2.11. The molecule has 0 saturated heterocycles. The molecular formula is C23H20N2O3S. The molecule has 0 bridgehead atoms. The minimum Gasteiger partial charge on any atom is -0.462 e. The lowest BCUT2D eigenvalue weighted by atomic mass is 10.0. The molecule has 0 fully saturated rings. The van der Waals surface area contributed by atoms with E-state index in [0.717, 1.165) is 23.3 Å². The number of amides is 1. The molecule has 29 heavy (non-hydrogen) atoms. The first-order valence-electron chi connectivity index (χ1n) is 9.18. The summed E-state index contributed by atoms with van der Waals surface area (Å²) in [5.74, 6) is -0.818. The third-order valence-electron chi connectivity index (χ3n) is 4.41. The number of esters is 1.